The van der Waals surface area contributed by atoms with Crippen LogP contribution >= 0.6 is 47.2 Å². The van der Waals surface area contributed by atoms with Gasteiger partial charge in [0.1, 0.15) is 0 Å². The predicted octanol–water partition coefficient (Wildman–Crippen LogP) is 5.36. The lowest BCUT2D eigenvalue weighted by atomic mass is 10.2. The molecule has 0 atom stereocenters. The maximum atomic E-state index is 12.7. The number of hydrogen-bond acceptors (Lipinski definition) is 4. The summed E-state index contributed by atoms with van der Waals surface area (Å²) in [6, 6.07) is 12.1. The van der Waals surface area contributed by atoms with Gasteiger partial charge in [-0.05, 0) is 42.0 Å². The van der Waals surface area contributed by atoms with Crippen LogP contribution in [-0.2, 0) is 9.59 Å². The minimum atomic E-state index is -0.218. The first-order chi connectivity index (χ1) is 12.3. The van der Waals surface area contributed by atoms with E-state index in [0.29, 0.717) is 30.6 Å². The van der Waals surface area contributed by atoms with Crippen molar-refractivity contribution >= 4 is 80.8 Å². The highest BCUT2D eigenvalue weighted by Crippen LogP contribution is 2.38. The largest absolute Gasteiger partial charge is 0.326 e. The molecule has 0 unspecified atom stereocenters. The molecule has 0 radical (unpaired) electrons. The lowest BCUT2D eigenvalue weighted by molar-refractivity contribution is -0.114. The van der Waals surface area contributed by atoms with Crippen LogP contribution in [0.1, 0.15) is 12.5 Å². The van der Waals surface area contributed by atoms with Gasteiger partial charge in [-0.15, -0.1) is 0 Å². The smallest absolute Gasteiger partial charge is 0.270 e. The fraction of sp³-hybridized carbons (Fsp3) is 0.0556. The summed E-state index contributed by atoms with van der Waals surface area (Å²) in [7, 11) is 0. The van der Waals surface area contributed by atoms with Crippen LogP contribution in [0, 0.1) is 0 Å². The van der Waals surface area contributed by atoms with Crippen LogP contribution in [0.2, 0.25) is 10.0 Å². The number of carbonyl (C=O) groups is 2. The molecule has 0 aliphatic carbocycles. The molecule has 0 bridgehead atoms. The van der Waals surface area contributed by atoms with Crippen LogP contribution in [0.3, 0.4) is 0 Å². The monoisotopic (exact) mass is 422 g/mol. The number of halogens is 2. The average Bonchev–Trinajstić information content (AvgIpc) is 2.85. The van der Waals surface area contributed by atoms with E-state index in [2.05, 4.69) is 5.32 Å². The van der Waals surface area contributed by atoms with Crippen LogP contribution in [0.4, 0.5) is 11.4 Å². The Balaban J connectivity index is 1.85. The molecule has 3 rings (SSSR count). The van der Waals surface area contributed by atoms with Crippen LogP contribution in [0.15, 0.2) is 47.4 Å². The second kappa shape index (κ2) is 7.80. The Morgan fingerprint density at radius 1 is 1.15 bits per heavy atom. The first-order valence-corrected chi connectivity index (χ1v) is 9.44. The molecule has 1 heterocycles. The Kier molecular flexibility index (Phi) is 5.67. The summed E-state index contributed by atoms with van der Waals surface area (Å²) in [4.78, 5) is 25.7. The van der Waals surface area contributed by atoms with Gasteiger partial charge in [-0.1, -0.05) is 59.3 Å². The summed E-state index contributed by atoms with van der Waals surface area (Å²) in [5.74, 6) is -0.357. The molecule has 0 spiro atoms. The maximum Gasteiger partial charge on any atom is 0.270 e. The van der Waals surface area contributed by atoms with Gasteiger partial charge in [0.15, 0.2) is 4.32 Å². The molecule has 1 aliphatic rings. The van der Waals surface area contributed by atoms with Gasteiger partial charge >= 0.3 is 0 Å². The molecule has 1 saturated heterocycles. The molecular weight excluding hydrogens is 411 g/mol. The highest BCUT2D eigenvalue weighted by atomic mass is 35.5. The molecule has 132 valence electrons. The van der Waals surface area contributed by atoms with Crippen molar-refractivity contribution in [3.05, 3.63) is 63.0 Å². The number of benzene rings is 2. The number of rotatable bonds is 3. The summed E-state index contributed by atoms with van der Waals surface area (Å²) in [5, 5.41) is 3.47. The van der Waals surface area contributed by atoms with Gasteiger partial charge in [0.25, 0.3) is 5.91 Å². The van der Waals surface area contributed by atoms with E-state index in [1.807, 2.05) is 12.1 Å². The first-order valence-electron chi connectivity index (χ1n) is 7.46. The minimum Gasteiger partial charge on any atom is -0.326 e. The lowest BCUT2D eigenvalue weighted by Crippen LogP contribution is -2.27. The van der Waals surface area contributed by atoms with Crippen LogP contribution in [-0.4, -0.2) is 16.1 Å². The molecule has 0 saturated carbocycles. The van der Waals surface area contributed by atoms with Gasteiger partial charge in [0.05, 0.1) is 20.6 Å². The van der Waals surface area contributed by atoms with E-state index in [1.54, 1.807) is 36.4 Å². The summed E-state index contributed by atoms with van der Waals surface area (Å²) < 4.78 is 0.425. The molecule has 26 heavy (non-hydrogen) atoms. The van der Waals surface area contributed by atoms with Crippen LogP contribution in [0.5, 0.6) is 0 Å². The Hall–Kier alpha value is -1.86. The summed E-state index contributed by atoms with van der Waals surface area (Å²) in [6.45, 7) is 1.45. The zero-order valence-electron chi connectivity index (χ0n) is 13.5. The number of carbonyl (C=O) groups excluding carboxylic acids is 2. The standard InChI is InChI=1S/C18H12Cl2N2O2S2/c1-10(23)21-12-4-2-11(3-5-12)8-16-17(24)22(18(25)26-16)13-6-7-14(19)15(20)9-13/h2-9H,1H3,(H,21,23)/b16-8+. The fourth-order valence-electron chi connectivity index (χ4n) is 2.33. The van der Waals surface area contributed by atoms with E-state index in [4.69, 9.17) is 35.4 Å². The molecular formula is C18H12Cl2N2O2S2. The number of anilines is 2. The predicted molar refractivity (Wildman–Crippen MR) is 113 cm³/mol. The van der Waals surface area contributed by atoms with E-state index >= 15 is 0 Å². The third kappa shape index (κ3) is 4.10. The Labute approximate surface area is 170 Å². The quantitative estimate of drug-likeness (QED) is 0.534. The lowest BCUT2D eigenvalue weighted by Gasteiger charge is -2.15. The SMILES string of the molecule is CC(=O)Nc1ccc(/C=C2/SC(=S)N(c3ccc(Cl)c(Cl)c3)C2=O)cc1. The van der Waals surface area contributed by atoms with Crippen LogP contribution < -0.4 is 10.2 Å². The number of nitrogens with zero attached hydrogens (tertiary/aromatic N) is 1. The third-order valence-electron chi connectivity index (χ3n) is 3.48. The highest BCUT2D eigenvalue weighted by Gasteiger charge is 2.33. The molecule has 0 aromatic heterocycles. The van der Waals surface area contributed by atoms with Crippen molar-refractivity contribution in [3.63, 3.8) is 0 Å². The van der Waals surface area contributed by atoms with E-state index in [0.717, 1.165) is 5.56 Å². The minimum absolute atomic E-state index is 0.139. The van der Waals surface area contributed by atoms with E-state index < -0.39 is 0 Å². The van der Waals surface area contributed by atoms with Gasteiger partial charge in [0, 0.05) is 12.6 Å². The second-order valence-corrected chi connectivity index (χ2v) is 7.91. The topological polar surface area (TPSA) is 49.4 Å². The van der Waals surface area contributed by atoms with Crippen molar-refractivity contribution in [2.45, 2.75) is 6.92 Å². The van der Waals surface area contributed by atoms with Gasteiger partial charge in [0.2, 0.25) is 5.91 Å². The van der Waals surface area contributed by atoms with E-state index in [-0.39, 0.29) is 11.8 Å². The maximum absolute atomic E-state index is 12.7. The van der Waals surface area contributed by atoms with Crippen molar-refractivity contribution < 1.29 is 9.59 Å². The zero-order chi connectivity index (χ0) is 18.8. The molecule has 1 fully saturated rings. The normalized spacial score (nSPS) is 15.7. The molecule has 8 heteroatoms. The molecule has 2 aromatic carbocycles. The first kappa shape index (κ1) is 18.9. The summed E-state index contributed by atoms with van der Waals surface area (Å²) in [6.07, 6.45) is 1.76. The van der Waals surface area contributed by atoms with Crippen molar-refractivity contribution in [1.82, 2.24) is 0 Å². The van der Waals surface area contributed by atoms with E-state index in [1.165, 1.54) is 23.6 Å². The highest BCUT2D eigenvalue weighted by molar-refractivity contribution is 8.27. The van der Waals surface area contributed by atoms with Gasteiger partial charge in [-0.2, -0.15) is 0 Å². The fourth-order valence-corrected chi connectivity index (χ4v) is 3.92. The molecule has 2 amide bonds. The zero-order valence-corrected chi connectivity index (χ0v) is 16.6. The molecule has 2 aromatic rings. The number of thioether (sulfide) groups is 1. The Bertz CT molecular complexity index is 943. The van der Waals surface area contributed by atoms with Gasteiger partial charge in [-0.25, -0.2) is 0 Å². The van der Waals surface area contributed by atoms with Crippen molar-refractivity contribution in [2.24, 2.45) is 0 Å². The number of thiocarbonyl (C=S) groups is 1. The third-order valence-corrected chi connectivity index (χ3v) is 5.53. The van der Waals surface area contributed by atoms with E-state index in [9.17, 15) is 9.59 Å². The molecule has 4 nitrogen and oxygen atoms in total. The Morgan fingerprint density at radius 3 is 2.46 bits per heavy atom. The summed E-state index contributed by atoms with van der Waals surface area (Å²) >= 11 is 18.5. The van der Waals surface area contributed by atoms with Gasteiger partial charge in [-0.3, -0.25) is 14.5 Å². The molecule has 1 aliphatic heterocycles. The number of amides is 2. The Morgan fingerprint density at radius 2 is 1.85 bits per heavy atom. The average molecular weight is 423 g/mol. The van der Waals surface area contributed by atoms with Crippen molar-refractivity contribution in [2.75, 3.05) is 10.2 Å². The number of hydrogen-bond donors (Lipinski definition) is 1. The van der Waals surface area contributed by atoms with Crippen molar-refractivity contribution in [3.8, 4) is 0 Å². The molecule has 1 N–H and O–H groups in total. The number of nitrogens with one attached hydrogen (secondary N) is 1. The van der Waals surface area contributed by atoms with Gasteiger partial charge < -0.3 is 5.32 Å². The van der Waals surface area contributed by atoms with Crippen LogP contribution in [0.25, 0.3) is 6.08 Å². The van der Waals surface area contributed by atoms with Crippen molar-refractivity contribution in [1.29, 1.82) is 0 Å². The summed E-state index contributed by atoms with van der Waals surface area (Å²) in [5.41, 5.74) is 2.10. The second-order valence-electron chi connectivity index (χ2n) is 5.42.